The monoisotopic (exact) mass is 257 g/mol. The van der Waals surface area contributed by atoms with Gasteiger partial charge in [0.1, 0.15) is 0 Å². The van der Waals surface area contributed by atoms with E-state index < -0.39 is 0 Å². The van der Waals surface area contributed by atoms with E-state index in [-0.39, 0.29) is 0 Å². The van der Waals surface area contributed by atoms with Gasteiger partial charge in [-0.2, -0.15) is 0 Å². The minimum Gasteiger partial charge on any atom is -0.310 e. The Bertz CT molecular complexity index is 445. The smallest absolute Gasteiger partial charge is 0.0536 e. The first-order valence-electron chi connectivity index (χ1n) is 7.66. The van der Waals surface area contributed by atoms with Crippen LogP contribution in [0, 0.1) is 13.8 Å². The van der Waals surface area contributed by atoms with Gasteiger partial charge in [0.05, 0.1) is 6.04 Å². The summed E-state index contributed by atoms with van der Waals surface area (Å²) in [5.41, 5.74) is 5.87. The van der Waals surface area contributed by atoms with E-state index in [0.717, 1.165) is 0 Å². The fraction of sp³-hybridized carbons (Fsp3) is 0.556. The van der Waals surface area contributed by atoms with Crippen LogP contribution in [0.2, 0.25) is 0 Å². The van der Waals surface area contributed by atoms with Crippen LogP contribution in [0.25, 0.3) is 0 Å². The van der Waals surface area contributed by atoms with Crippen LogP contribution in [-0.2, 0) is 0 Å². The van der Waals surface area contributed by atoms with Crippen LogP contribution in [-0.4, -0.2) is 7.05 Å². The predicted octanol–water partition coefficient (Wildman–Crippen LogP) is 4.84. The van der Waals surface area contributed by atoms with Crippen molar-refractivity contribution in [2.45, 2.75) is 58.4 Å². The lowest BCUT2D eigenvalue weighted by Gasteiger charge is -2.24. The molecular formula is C18H27N. The van der Waals surface area contributed by atoms with Gasteiger partial charge in [0, 0.05) is 0 Å². The lowest BCUT2D eigenvalue weighted by atomic mass is 9.88. The second-order valence-corrected chi connectivity index (χ2v) is 5.74. The van der Waals surface area contributed by atoms with E-state index in [1.54, 1.807) is 5.57 Å². The van der Waals surface area contributed by atoms with Crippen LogP contribution in [0.1, 0.15) is 61.3 Å². The molecule has 0 radical (unpaired) electrons. The molecule has 104 valence electrons. The van der Waals surface area contributed by atoms with Crippen LogP contribution < -0.4 is 5.32 Å². The third-order valence-corrected chi connectivity index (χ3v) is 4.44. The number of rotatable bonds is 3. The molecule has 0 saturated carbocycles. The summed E-state index contributed by atoms with van der Waals surface area (Å²) in [6.07, 6.45) is 10.5. The molecule has 1 aliphatic rings. The van der Waals surface area contributed by atoms with E-state index in [0.29, 0.717) is 6.04 Å². The van der Waals surface area contributed by atoms with Gasteiger partial charge < -0.3 is 5.32 Å². The Hall–Kier alpha value is -1.08. The Morgan fingerprint density at radius 2 is 1.84 bits per heavy atom. The van der Waals surface area contributed by atoms with E-state index in [2.05, 4.69) is 50.5 Å². The van der Waals surface area contributed by atoms with Gasteiger partial charge in [0.15, 0.2) is 0 Å². The van der Waals surface area contributed by atoms with Crippen LogP contribution in [0.5, 0.6) is 0 Å². The highest BCUT2D eigenvalue weighted by atomic mass is 14.9. The zero-order valence-corrected chi connectivity index (χ0v) is 12.6. The molecule has 0 aromatic heterocycles. The number of likely N-dealkylation sites (N-methyl/N-ethyl adjacent to an activating group) is 1. The van der Waals surface area contributed by atoms with Crippen LogP contribution in [0.15, 0.2) is 29.8 Å². The Kier molecular flexibility index (Phi) is 5.21. The summed E-state index contributed by atoms with van der Waals surface area (Å²) < 4.78 is 0. The average molecular weight is 257 g/mol. The molecule has 1 aromatic rings. The molecular weight excluding hydrogens is 230 g/mol. The molecule has 1 aromatic carbocycles. The van der Waals surface area contributed by atoms with Gasteiger partial charge in [0.25, 0.3) is 0 Å². The molecule has 19 heavy (non-hydrogen) atoms. The van der Waals surface area contributed by atoms with Crippen LogP contribution >= 0.6 is 0 Å². The Morgan fingerprint density at radius 1 is 1.05 bits per heavy atom. The number of benzene rings is 1. The Morgan fingerprint density at radius 3 is 2.63 bits per heavy atom. The molecule has 1 unspecified atom stereocenters. The van der Waals surface area contributed by atoms with Crippen LogP contribution in [0.3, 0.4) is 0 Å². The van der Waals surface area contributed by atoms with Crippen molar-refractivity contribution in [3.05, 3.63) is 46.5 Å². The summed E-state index contributed by atoms with van der Waals surface area (Å²) in [6.45, 7) is 4.45. The molecule has 0 spiro atoms. The second-order valence-electron chi connectivity index (χ2n) is 5.74. The predicted molar refractivity (Wildman–Crippen MR) is 83.5 cm³/mol. The molecule has 1 aliphatic carbocycles. The molecule has 0 aliphatic heterocycles. The van der Waals surface area contributed by atoms with Crippen molar-refractivity contribution >= 4 is 0 Å². The van der Waals surface area contributed by atoms with E-state index in [9.17, 15) is 0 Å². The molecule has 1 N–H and O–H groups in total. The maximum absolute atomic E-state index is 3.54. The number of allylic oxidation sites excluding steroid dienone is 1. The highest BCUT2D eigenvalue weighted by Crippen LogP contribution is 2.31. The summed E-state index contributed by atoms with van der Waals surface area (Å²) in [5, 5.41) is 3.54. The fourth-order valence-corrected chi connectivity index (χ4v) is 3.11. The zero-order valence-electron chi connectivity index (χ0n) is 12.6. The molecule has 1 nitrogen and oxygen atoms in total. The minimum atomic E-state index is 0.401. The fourth-order valence-electron chi connectivity index (χ4n) is 3.11. The maximum Gasteiger partial charge on any atom is 0.0536 e. The zero-order chi connectivity index (χ0) is 13.7. The number of hydrogen-bond acceptors (Lipinski definition) is 1. The molecule has 1 atom stereocenters. The summed E-state index contributed by atoms with van der Waals surface area (Å²) in [4.78, 5) is 0. The van der Waals surface area contributed by atoms with Crippen molar-refractivity contribution in [3.63, 3.8) is 0 Å². The minimum absolute atomic E-state index is 0.401. The quantitative estimate of drug-likeness (QED) is 0.764. The molecule has 1 heteroatoms. The van der Waals surface area contributed by atoms with Gasteiger partial charge >= 0.3 is 0 Å². The van der Waals surface area contributed by atoms with Crippen molar-refractivity contribution < 1.29 is 0 Å². The molecule has 2 rings (SSSR count). The number of nitrogens with one attached hydrogen (secondary N) is 1. The molecule has 0 fully saturated rings. The highest BCUT2D eigenvalue weighted by molar-refractivity contribution is 5.39. The van der Waals surface area contributed by atoms with Crippen molar-refractivity contribution in [2.75, 3.05) is 7.05 Å². The summed E-state index contributed by atoms with van der Waals surface area (Å²) in [6, 6.07) is 7.07. The summed E-state index contributed by atoms with van der Waals surface area (Å²) in [5.74, 6) is 0. The van der Waals surface area contributed by atoms with Gasteiger partial charge in [-0.3, -0.25) is 0 Å². The first-order valence-corrected chi connectivity index (χ1v) is 7.66. The van der Waals surface area contributed by atoms with Crippen molar-refractivity contribution in [2.24, 2.45) is 0 Å². The first-order chi connectivity index (χ1) is 9.24. The lowest BCUT2D eigenvalue weighted by molar-refractivity contribution is 0.572. The van der Waals surface area contributed by atoms with Crippen molar-refractivity contribution in [1.29, 1.82) is 0 Å². The van der Waals surface area contributed by atoms with Crippen molar-refractivity contribution in [1.82, 2.24) is 5.32 Å². The summed E-state index contributed by atoms with van der Waals surface area (Å²) in [7, 11) is 2.09. The molecule has 0 heterocycles. The van der Waals surface area contributed by atoms with E-state index in [4.69, 9.17) is 0 Å². The van der Waals surface area contributed by atoms with Crippen molar-refractivity contribution in [3.8, 4) is 0 Å². The number of hydrogen-bond donors (Lipinski definition) is 1. The standard InChI is InChI=1S/C18H27N/c1-14-10-9-13-17(15(14)2)18(19-3)16-11-7-5-4-6-8-12-16/h9-11,13,18-19H,4-8,12H2,1-3H3/b16-11+. The first kappa shape index (κ1) is 14.3. The largest absolute Gasteiger partial charge is 0.310 e. The van der Waals surface area contributed by atoms with Gasteiger partial charge in [-0.05, 0) is 63.3 Å². The van der Waals surface area contributed by atoms with Gasteiger partial charge in [0.2, 0.25) is 0 Å². The average Bonchev–Trinajstić information content (AvgIpc) is 2.37. The Balaban J connectivity index is 2.30. The second kappa shape index (κ2) is 6.91. The Labute approximate surface area is 118 Å². The normalized spacial score (nSPS) is 21.1. The van der Waals surface area contributed by atoms with Gasteiger partial charge in [-0.15, -0.1) is 0 Å². The third-order valence-electron chi connectivity index (χ3n) is 4.44. The maximum atomic E-state index is 3.54. The SMILES string of the molecule is CNC(/C1=C/CCCCCC1)c1cccc(C)c1C. The lowest BCUT2D eigenvalue weighted by Crippen LogP contribution is -2.20. The van der Waals surface area contributed by atoms with E-state index in [1.807, 2.05) is 0 Å². The van der Waals surface area contributed by atoms with E-state index >= 15 is 0 Å². The van der Waals surface area contributed by atoms with Gasteiger partial charge in [-0.25, -0.2) is 0 Å². The molecule has 0 bridgehead atoms. The summed E-state index contributed by atoms with van der Waals surface area (Å²) >= 11 is 0. The molecule has 0 saturated heterocycles. The van der Waals surface area contributed by atoms with Gasteiger partial charge in [-0.1, -0.05) is 42.7 Å². The molecule has 0 amide bonds. The topological polar surface area (TPSA) is 12.0 Å². The van der Waals surface area contributed by atoms with E-state index in [1.165, 1.54) is 55.2 Å². The number of aryl methyl sites for hydroxylation is 1. The van der Waals surface area contributed by atoms with Crippen LogP contribution in [0.4, 0.5) is 0 Å². The highest BCUT2D eigenvalue weighted by Gasteiger charge is 2.17. The third kappa shape index (κ3) is 3.48.